The average Bonchev–Trinajstić information content (AvgIpc) is 2.68. The predicted octanol–water partition coefficient (Wildman–Crippen LogP) is 4.56. The van der Waals surface area contributed by atoms with Crippen molar-refractivity contribution in [2.24, 2.45) is 16.6 Å². The van der Waals surface area contributed by atoms with E-state index in [9.17, 15) is 14.4 Å². The first-order chi connectivity index (χ1) is 15.8. The predicted molar refractivity (Wildman–Crippen MR) is 134 cm³/mol. The number of carbonyl (C=O) groups excluding carboxylic acids is 3. The molecule has 1 aromatic carbocycles. The quantitative estimate of drug-likeness (QED) is 0.513. The molecule has 0 saturated carbocycles. The van der Waals surface area contributed by atoms with Crippen LogP contribution in [0.4, 0.5) is 0 Å². The Kier molecular flexibility index (Phi) is 6.33. The molecule has 8 heteroatoms. The molecule has 0 unspecified atom stereocenters. The van der Waals surface area contributed by atoms with Gasteiger partial charge in [0.15, 0.2) is 29.7 Å². The molecule has 0 bridgehead atoms. The van der Waals surface area contributed by atoms with E-state index in [0.717, 1.165) is 5.56 Å². The Balaban J connectivity index is 1.90. The van der Waals surface area contributed by atoms with Gasteiger partial charge in [-0.05, 0) is 51.1 Å². The fourth-order valence-corrected chi connectivity index (χ4v) is 5.98. The summed E-state index contributed by atoms with van der Waals surface area (Å²) in [5.74, 6) is 1.02. The molecular weight excluding hydrogens is 549 g/mol. The van der Waals surface area contributed by atoms with E-state index in [2.05, 4.69) is 50.3 Å². The van der Waals surface area contributed by atoms with E-state index in [-0.39, 0.29) is 29.0 Å². The number of hydrogen-bond donors (Lipinski definition) is 1. The van der Waals surface area contributed by atoms with E-state index in [1.807, 2.05) is 6.07 Å². The van der Waals surface area contributed by atoms with E-state index in [0.29, 0.717) is 63.4 Å². The van der Waals surface area contributed by atoms with E-state index in [4.69, 9.17) is 19.9 Å². The lowest BCUT2D eigenvalue weighted by Crippen LogP contribution is -2.37. The Labute approximate surface area is 213 Å². The number of benzene rings is 1. The van der Waals surface area contributed by atoms with Crippen LogP contribution in [0.25, 0.3) is 0 Å². The van der Waals surface area contributed by atoms with Crippen LogP contribution in [-0.4, -0.2) is 31.2 Å². The van der Waals surface area contributed by atoms with Gasteiger partial charge >= 0.3 is 0 Å². The van der Waals surface area contributed by atoms with E-state index in [1.165, 1.54) is 7.11 Å². The SMILES string of the molecule is COc1cc(C2C3=C(CC(C)(C)CC3=O)OC3=C2C(=O)CC(C)(C)C3)cc(I)c1OCC(N)=O. The Morgan fingerprint density at radius 3 is 2.03 bits per heavy atom. The standard InChI is InChI=1S/C26H30INO6/c1-25(2)8-15(29)22-18(10-25)34-19-11-26(3,4)9-16(30)23(19)21(22)13-6-14(27)24(17(7-13)32-5)33-12-20(28)31/h6-7,21H,8-12H2,1-5H3,(H2,28,31). The molecule has 1 amide bonds. The van der Waals surface area contributed by atoms with Gasteiger partial charge in [-0.25, -0.2) is 0 Å². The second-order valence-electron chi connectivity index (χ2n) is 10.9. The minimum absolute atomic E-state index is 0.00321. The van der Waals surface area contributed by atoms with Crippen LogP contribution in [0.3, 0.4) is 0 Å². The molecule has 3 aliphatic rings. The maximum atomic E-state index is 13.4. The number of halogens is 1. The first-order valence-corrected chi connectivity index (χ1v) is 12.4. The van der Waals surface area contributed by atoms with Crippen LogP contribution in [0.5, 0.6) is 11.5 Å². The second-order valence-corrected chi connectivity index (χ2v) is 12.0. The number of carbonyl (C=O) groups is 3. The third-order valence-electron chi connectivity index (χ3n) is 6.53. The third-order valence-corrected chi connectivity index (χ3v) is 7.33. The topological polar surface area (TPSA) is 105 Å². The number of ketones is 2. The van der Waals surface area contributed by atoms with Crippen LogP contribution in [0.1, 0.15) is 64.9 Å². The highest BCUT2D eigenvalue weighted by atomic mass is 127. The van der Waals surface area contributed by atoms with Gasteiger partial charge in [-0.15, -0.1) is 0 Å². The minimum atomic E-state index is -0.596. The first-order valence-electron chi connectivity index (χ1n) is 11.3. The van der Waals surface area contributed by atoms with Crippen molar-refractivity contribution >= 4 is 40.1 Å². The summed E-state index contributed by atoms with van der Waals surface area (Å²) >= 11 is 2.10. The zero-order chi connectivity index (χ0) is 25.0. The van der Waals surface area contributed by atoms with Crippen LogP contribution in [-0.2, 0) is 19.1 Å². The molecular formula is C26H30INO6. The van der Waals surface area contributed by atoms with Crippen molar-refractivity contribution in [2.75, 3.05) is 13.7 Å². The van der Waals surface area contributed by atoms with Gasteiger partial charge in [-0.3, -0.25) is 14.4 Å². The van der Waals surface area contributed by atoms with Crippen molar-refractivity contribution in [1.82, 2.24) is 0 Å². The molecule has 1 aromatic rings. The van der Waals surface area contributed by atoms with Crippen LogP contribution < -0.4 is 15.2 Å². The van der Waals surface area contributed by atoms with Crippen molar-refractivity contribution < 1.29 is 28.6 Å². The van der Waals surface area contributed by atoms with Gasteiger partial charge in [-0.1, -0.05) is 27.7 Å². The molecule has 0 atom stereocenters. The molecule has 1 heterocycles. The van der Waals surface area contributed by atoms with Crippen LogP contribution in [0.2, 0.25) is 0 Å². The fraction of sp³-hybridized carbons (Fsp3) is 0.500. The lowest BCUT2D eigenvalue weighted by Gasteiger charge is -2.42. The summed E-state index contributed by atoms with van der Waals surface area (Å²) in [5.41, 5.74) is 6.70. The summed E-state index contributed by atoms with van der Waals surface area (Å²) in [4.78, 5) is 38.1. The largest absolute Gasteiger partial charge is 0.493 e. The number of methoxy groups -OCH3 is 1. The summed E-state index contributed by atoms with van der Waals surface area (Å²) in [5, 5.41) is 0. The molecule has 2 N–H and O–H groups in total. The molecule has 0 radical (unpaired) electrons. The molecule has 182 valence electrons. The molecule has 0 fully saturated rings. The minimum Gasteiger partial charge on any atom is -0.493 e. The third kappa shape index (κ3) is 4.61. The number of primary amides is 1. The Morgan fingerprint density at radius 2 is 1.56 bits per heavy atom. The monoisotopic (exact) mass is 579 g/mol. The number of ether oxygens (including phenoxy) is 3. The zero-order valence-electron chi connectivity index (χ0n) is 20.2. The molecule has 0 aromatic heterocycles. The Bertz CT molecular complexity index is 1110. The highest BCUT2D eigenvalue weighted by Crippen LogP contribution is 2.54. The highest BCUT2D eigenvalue weighted by Gasteiger charge is 2.48. The molecule has 2 aliphatic carbocycles. The lowest BCUT2D eigenvalue weighted by molar-refractivity contribution is -0.121. The maximum absolute atomic E-state index is 13.4. The van der Waals surface area contributed by atoms with Crippen molar-refractivity contribution in [2.45, 2.75) is 59.3 Å². The number of amides is 1. The summed E-state index contributed by atoms with van der Waals surface area (Å²) < 4.78 is 18.2. The highest BCUT2D eigenvalue weighted by molar-refractivity contribution is 14.1. The first kappa shape index (κ1) is 24.8. The van der Waals surface area contributed by atoms with Crippen molar-refractivity contribution in [3.8, 4) is 11.5 Å². The van der Waals surface area contributed by atoms with Gasteiger partial charge in [0.2, 0.25) is 0 Å². The number of Topliss-reactive ketones (excluding diaryl/α,β-unsaturated/α-hetero) is 2. The van der Waals surface area contributed by atoms with Gasteiger partial charge in [-0.2, -0.15) is 0 Å². The van der Waals surface area contributed by atoms with Crippen LogP contribution in [0, 0.1) is 14.4 Å². The average molecular weight is 579 g/mol. The van der Waals surface area contributed by atoms with Crippen LogP contribution in [0.15, 0.2) is 34.8 Å². The normalized spacial score (nSPS) is 21.6. The fourth-order valence-electron chi connectivity index (χ4n) is 5.20. The van der Waals surface area contributed by atoms with Crippen molar-refractivity contribution in [3.63, 3.8) is 0 Å². The molecule has 1 aliphatic heterocycles. The summed E-state index contributed by atoms with van der Waals surface area (Å²) in [6.45, 7) is 7.95. The second kappa shape index (κ2) is 8.70. The maximum Gasteiger partial charge on any atom is 0.255 e. The van der Waals surface area contributed by atoms with E-state index < -0.39 is 11.8 Å². The summed E-state index contributed by atoms with van der Waals surface area (Å²) in [6.07, 6.45) is 2.04. The Morgan fingerprint density at radius 1 is 1.03 bits per heavy atom. The zero-order valence-corrected chi connectivity index (χ0v) is 22.3. The molecule has 4 rings (SSSR count). The van der Waals surface area contributed by atoms with Gasteiger partial charge < -0.3 is 19.9 Å². The number of hydrogen-bond acceptors (Lipinski definition) is 6. The van der Waals surface area contributed by atoms with Gasteiger partial charge in [0.1, 0.15) is 11.5 Å². The number of nitrogens with two attached hydrogens (primary N) is 1. The van der Waals surface area contributed by atoms with Crippen molar-refractivity contribution in [1.29, 1.82) is 0 Å². The summed E-state index contributed by atoms with van der Waals surface area (Å²) in [6, 6.07) is 3.66. The van der Waals surface area contributed by atoms with E-state index >= 15 is 0 Å². The summed E-state index contributed by atoms with van der Waals surface area (Å²) in [7, 11) is 1.51. The smallest absolute Gasteiger partial charge is 0.255 e. The molecule has 0 saturated heterocycles. The number of rotatable bonds is 5. The molecule has 34 heavy (non-hydrogen) atoms. The van der Waals surface area contributed by atoms with Gasteiger partial charge in [0.25, 0.3) is 5.91 Å². The molecule has 7 nitrogen and oxygen atoms in total. The lowest BCUT2D eigenvalue weighted by atomic mass is 9.65. The van der Waals surface area contributed by atoms with E-state index in [1.54, 1.807) is 6.07 Å². The van der Waals surface area contributed by atoms with Crippen molar-refractivity contribution in [3.05, 3.63) is 43.9 Å². The van der Waals surface area contributed by atoms with Gasteiger partial charge in [0.05, 0.1) is 10.7 Å². The van der Waals surface area contributed by atoms with Gasteiger partial charge in [0, 0.05) is 42.7 Å². The van der Waals surface area contributed by atoms with Crippen LogP contribution >= 0.6 is 22.6 Å². The number of allylic oxidation sites excluding steroid dienone is 4. The molecule has 0 spiro atoms. The Hall–Kier alpha value is -2.36.